The lowest BCUT2D eigenvalue weighted by Gasteiger charge is -2.37. The van der Waals surface area contributed by atoms with E-state index in [-0.39, 0.29) is 23.5 Å². The van der Waals surface area contributed by atoms with Crippen LogP contribution in [0.5, 0.6) is 0 Å². The van der Waals surface area contributed by atoms with Gasteiger partial charge in [0.15, 0.2) is 16.7 Å². The maximum atomic E-state index is 13.4. The van der Waals surface area contributed by atoms with Gasteiger partial charge in [-0.05, 0) is 42.7 Å². The van der Waals surface area contributed by atoms with Gasteiger partial charge in [0.1, 0.15) is 5.82 Å². The van der Waals surface area contributed by atoms with Crippen LogP contribution < -0.4 is 4.90 Å². The van der Waals surface area contributed by atoms with Crippen molar-refractivity contribution < 1.29 is 19.3 Å². The number of hydrogen-bond acceptors (Lipinski definition) is 7. The Bertz CT molecular complexity index is 1170. The van der Waals surface area contributed by atoms with Crippen molar-refractivity contribution >= 4 is 23.4 Å². The monoisotopic (exact) mass is 436 g/mol. The van der Waals surface area contributed by atoms with E-state index in [4.69, 9.17) is 1.37 Å². The van der Waals surface area contributed by atoms with Crippen molar-refractivity contribution in [1.82, 2.24) is 29.0 Å². The Kier molecular flexibility index (Phi) is 4.01. The number of halogens is 3. The van der Waals surface area contributed by atoms with E-state index in [9.17, 15) is 18.0 Å². The fourth-order valence-electron chi connectivity index (χ4n) is 3.61. The van der Waals surface area contributed by atoms with Crippen LogP contribution >= 0.6 is 11.5 Å². The van der Waals surface area contributed by atoms with E-state index in [1.807, 2.05) is 4.57 Å². The summed E-state index contributed by atoms with van der Waals surface area (Å²) in [5, 5.41) is 8.87. The summed E-state index contributed by atoms with van der Waals surface area (Å²) in [6, 6.07) is 2.91. The van der Waals surface area contributed by atoms with Crippen molar-refractivity contribution in [2.24, 2.45) is 0 Å². The van der Waals surface area contributed by atoms with E-state index >= 15 is 0 Å². The first-order valence-electron chi connectivity index (χ1n) is 9.70. The van der Waals surface area contributed by atoms with Crippen LogP contribution in [0.2, 0.25) is 0 Å². The number of fused-ring (bicyclic) bond motifs is 1. The molecule has 0 saturated carbocycles. The molecule has 0 radical (unpaired) electrons. The summed E-state index contributed by atoms with van der Waals surface area (Å²) >= 11 is 1.06. The minimum atomic E-state index is -2.71. The molecule has 0 unspecified atom stereocenters. The van der Waals surface area contributed by atoms with E-state index in [0.29, 0.717) is 29.7 Å². The molecule has 1 amide bonds. The zero-order valence-electron chi connectivity index (χ0n) is 16.7. The molecular weight excluding hydrogens is 419 g/mol. The third-order valence-electron chi connectivity index (χ3n) is 5.20. The molecule has 3 aromatic rings. The van der Waals surface area contributed by atoms with Crippen LogP contribution in [0.4, 0.5) is 19.1 Å². The first-order chi connectivity index (χ1) is 14.7. The number of anilines is 1. The van der Waals surface area contributed by atoms with E-state index in [1.165, 1.54) is 17.0 Å². The SMILES string of the molecule is [2H]c1cc(C(=O)N2CCn3c(-c4nc(N5CC(F)(F)C5)ns4)nnc3[C@H]2C)ccc1F. The van der Waals surface area contributed by atoms with Crippen molar-refractivity contribution in [3.8, 4) is 10.8 Å². The van der Waals surface area contributed by atoms with Crippen molar-refractivity contribution in [1.29, 1.82) is 0 Å². The Hall–Kier alpha value is -3.02. The molecule has 4 heterocycles. The van der Waals surface area contributed by atoms with Crippen LogP contribution in [0.3, 0.4) is 0 Å². The number of nitrogens with zero attached hydrogens (tertiary/aromatic N) is 7. The lowest BCUT2D eigenvalue weighted by Crippen LogP contribution is -2.56. The summed E-state index contributed by atoms with van der Waals surface area (Å²) in [6.45, 7) is 1.75. The smallest absolute Gasteiger partial charge is 0.282 e. The van der Waals surface area contributed by atoms with E-state index < -0.39 is 30.9 Å². The second kappa shape index (κ2) is 6.76. The van der Waals surface area contributed by atoms with Gasteiger partial charge in [-0.2, -0.15) is 9.36 Å². The molecule has 1 aromatic carbocycles. The van der Waals surface area contributed by atoms with Crippen molar-refractivity contribution in [3.05, 3.63) is 41.4 Å². The largest absolute Gasteiger partial charge is 0.328 e. The standard InChI is InChI=1S/C18H16F3N7OS/c1-10-13-23-24-14(15-22-17(25-30-15)26-8-18(20,21)9-26)28(13)7-6-27(10)16(29)11-2-4-12(19)5-3-11/h2-5,10H,6-9H2,1H3/t10-/m1/s1/i4D. The third kappa shape index (κ3) is 3.11. The molecule has 0 aliphatic carbocycles. The number of hydrogen-bond donors (Lipinski definition) is 0. The average molecular weight is 436 g/mol. The average Bonchev–Trinajstić information content (AvgIpc) is 3.35. The first-order valence-corrected chi connectivity index (χ1v) is 9.98. The van der Waals surface area contributed by atoms with Gasteiger partial charge in [0.05, 0.1) is 20.5 Å². The first kappa shape index (κ1) is 17.8. The van der Waals surface area contributed by atoms with Crippen LogP contribution in [0.25, 0.3) is 10.8 Å². The fourth-order valence-corrected chi connectivity index (χ4v) is 4.29. The predicted molar refractivity (Wildman–Crippen MR) is 102 cm³/mol. The molecule has 2 aliphatic heterocycles. The van der Waals surface area contributed by atoms with Gasteiger partial charge in [0, 0.05) is 18.7 Å². The zero-order valence-corrected chi connectivity index (χ0v) is 16.5. The summed E-state index contributed by atoms with van der Waals surface area (Å²) in [7, 11) is 0. The highest BCUT2D eigenvalue weighted by atomic mass is 32.1. The molecule has 1 saturated heterocycles. The normalized spacial score (nSPS) is 20.5. The molecule has 0 spiro atoms. The predicted octanol–water partition coefficient (Wildman–Crippen LogP) is 2.61. The highest BCUT2D eigenvalue weighted by Gasteiger charge is 2.45. The van der Waals surface area contributed by atoms with Gasteiger partial charge < -0.3 is 14.4 Å². The number of alkyl halides is 2. The van der Waals surface area contributed by atoms with Crippen LogP contribution in [0.15, 0.2) is 24.2 Å². The molecule has 156 valence electrons. The minimum Gasteiger partial charge on any atom is -0.328 e. The Morgan fingerprint density at radius 3 is 2.80 bits per heavy atom. The van der Waals surface area contributed by atoms with Crippen molar-refractivity contribution in [2.45, 2.75) is 25.4 Å². The molecule has 5 rings (SSSR count). The van der Waals surface area contributed by atoms with Gasteiger partial charge in [-0.1, -0.05) is 0 Å². The fraction of sp³-hybridized carbons (Fsp3) is 0.389. The molecule has 2 aromatic heterocycles. The number of aromatic nitrogens is 5. The number of rotatable bonds is 3. The second-order valence-electron chi connectivity index (χ2n) is 7.24. The highest BCUT2D eigenvalue weighted by molar-refractivity contribution is 7.09. The molecule has 1 fully saturated rings. The van der Waals surface area contributed by atoms with Gasteiger partial charge in [0.2, 0.25) is 5.95 Å². The minimum absolute atomic E-state index is 0.228. The molecule has 1 atom stereocenters. The number of amides is 1. The van der Waals surface area contributed by atoms with Crippen LogP contribution in [-0.2, 0) is 6.54 Å². The molecule has 0 N–H and O–H groups in total. The van der Waals surface area contributed by atoms with Gasteiger partial charge >= 0.3 is 0 Å². The van der Waals surface area contributed by atoms with E-state index in [2.05, 4.69) is 19.6 Å². The maximum absolute atomic E-state index is 13.4. The summed E-state index contributed by atoms with van der Waals surface area (Å²) < 4.78 is 53.2. The summed E-state index contributed by atoms with van der Waals surface area (Å²) in [4.78, 5) is 20.2. The number of carbonyl (C=O) groups is 1. The lowest BCUT2D eigenvalue weighted by molar-refractivity contribution is -0.0270. The maximum Gasteiger partial charge on any atom is 0.282 e. The third-order valence-corrected chi connectivity index (χ3v) is 5.90. The zero-order chi connectivity index (χ0) is 21.9. The van der Waals surface area contributed by atoms with E-state index in [1.54, 1.807) is 11.8 Å². The molecule has 12 heteroatoms. The Balaban J connectivity index is 1.37. The Morgan fingerprint density at radius 1 is 1.27 bits per heavy atom. The van der Waals surface area contributed by atoms with Crippen LogP contribution in [0, 0.1) is 5.82 Å². The topological polar surface area (TPSA) is 80.0 Å². The van der Waals surface area contributed by atoms with Crippen LogP contribution in [0.1, 0.15) is 30.5 Å². The van der Waals surface area contributed by atoms with Gasteiger partial charge in [-0.25, -0.2) is 13.2 Å². The summed E-state index contributed by atoms with van der Waals surface area (Å²) in [5.74, 6) is -2.46. The van der Waals surface area contributed by atoms with Crippen molar-refractivity contribution in [2.75, 3.05) is 24.5 Å². The van der Waals surface area contributed by atoms with Crippen molar-refractivity contribution in [3.63, 3.8) is 0 Å². The molecular formula is C18H16F3N7OS. The van der Waals surface area contributed by atoms with Gasteiger partial charge in [-0.15, -0.1) is 10.2 Å². The Morgan fingerprint density at radius 2 is 2.07 bits per heavy atom. The molecule has 8 nitrogen and oxygen atoms in total. The highest BCUT2D eigenvalue weighted by Crippen LogP contribution is 2.34. The number of benzene rings is 1. The number of carbonyl (C=O) groups excluding carboxylic acids is 1. The Labute approximate surface area is 174 Å². The summed E-state index contributed by atoms with van der Waals surface area (Å²) in [5.41, 5.74) is 0.228. The van der Waals surface area contributed by atoms with Crippen LogP contribution in [-0.4, -0.2) is 60.5 Å². The molecule has 30 heavy (non-hydrogen) atoms. The van der Waals surface area contributed by atoms with Gasteiger partial charge in [-0.3, -0.25) is 4.79 Å². The van der Waals surface area contributed by atoms with Gasteiger partial charge in [0.25, 0.3) is 11.8 Å². The van der Waals surface area contributed by atoms with E-state index in [0.717, 1.165) is 17.6 Å². The molecule has 0 bridgehead atoms. The summed E-state index contributed by atoms with van der Waals surface area (Å²) in [6.07, 6.45) is 0. The lowest BCUT2D eigenvalue weighted by atomic mass is 10.1. The molecule has 2 aliphatic rings. The second-order valence-corrected chi connectivity index (χ2v) is 8.00. The quantitative estimate of drug-likeness (QED) is 0.628.